The SMILES string of the molecule is CCNCC(C)Oc1ccnn1C. The summed E-state index contributed by atoms with van der Waals surface area (Å²) in [7, 11) is 1.87. The lowest BCUT2D eigenvalue weighted by atomic mass is 10.4. The Morgan fingerprint density at radius 3 is 3.00 bits per heavy atom. The minimum absolute atomic E-state index is 0.176. The van der Waals surface area contributed by atoms with Gasteiger partial charge in [-0.15, -0.1) is 0 Å². The van der Waals surface area contributed by atoms with Crippen LogP contribution < -0.4 is 10.1 Å². The second-order valence-corrected chi connectivity index (χ2v) is 3.03. The summed E-state index contributed by atoms with van der Waals surface area (Å²) in [4.78, 5) is 0. The number of ether oxygens (including phenoxy) is 1. The van der Waals surface area contributed by atoms with Gasteiger partial charge >= 0.3 is 0 Å². The highest BCUT2D eigenvalue weighted by molar-refractivity contribution is 5.07. The molecule has 0 aliphatic carbocycles. The van der Waals surface area contributed by atoms with Crippen LogP contribution in [0.1, 0.15) is 13.8 Å². The van der Waals surface area contributed by atoms with E-state index >= 15 is 0 Å². The zero-order valence-corrected chi connectivity index (χ0v) is 8.45. The van der Waals surface area contributed by atoms with Crippen LogP contribution in [0, 0.1) is 0 Å². The summed E-state index contributed by atoms with van der Waals surface area (Å²) in [6, 6.07) is 1.86. The van der Waals surface area contributed by atoms with Crippen LogP contribution >= 0.6 is 0 Å². The van der Waals surface area contributed by atoms with Crippen molar-refractivity contribution in [3.05, 3.63) is 12.3 Å². The van der Waals surface area contributed by atoms with Gasteiger partial charge in [-0.25, -0.2) is 4.68 Å². The molecule has 74 valence electrons. The molecule has 0 aromatic carbocycles. The summed E-state index contributed by atoms with van der Waals surface area (Å²) >= 11 is 0. The lowest BCUT2D eigenvalue weighted by molar-refractivity contribution is 0.200. The van der Waals surface area contributed by atoms with E-state index in [0.717, 1.165) is 19.0 Å². The van der Waals surface area contributed by atoms with Crippen molar-refractivity contribution in [2.24, 2.45) is 7.05 Å². The third-order valence-corrected chi connectivity index (χ3v) is 1.78. The Bertz CT molecular complexity index is 247. The number of likely N-dealkylation sites (N-methyl/N-ethyl adjacent to an activating group) is 1. The Balaban J connectivity index is 2.36. The Morgan fingerprint density at radius 1 is 1.69 bits per heavy atom. The first-order valence-corrected chi connectivity index (χ1v) is 4.59. The molecule has 1 aromatic rings. The number of hydrogen-bond donors (Lipinski definition) is 1. The molecule has 4 nitrogen and oxygen atoms in total. The van der Waals surface area contributed by atoms with Crippen molar-refractivity contribution in [3.63, 3.8) is 0 Å². The fourth-order valence-electron chi connectivity index (χ4n) is 1.07. The molecule has 0 bridgehead atoms. The molecule has 1 atom stereocenters. The fourth-order valence-corrected chi connectivity index (χ4v) is 1.07. The van der Waals surface area contributed by atoms with Gasteiger partial charge in [0.05, 0.1) is 6.20 Å². The summed E-state index contributed by atoms with van der Waals surface area (Å²) in [5.41, 5.74) is 0. The van der Waals surface area contributed by atoms with Gasteiger partial charge in [0.2, 0.25) is 5.88 Å². The maximum Gasteiger partial charge on any atom is 0.211 e. The number of nitrogens with one attached hydrogen (secondary N) is 1. The minimum Gasteiger partial charge on any atom is -0.473 e. The summed E-state index contributed by atoms with van der Waals surface area (Å²) in [6.07, 6.45) is 1.91. The average molecular weight is 183 g/mol. The highest BCUT2D eigenvalue weighted by atomic mass is 16.5. The zero-order valence-electron chi connectivity index (χ0n) is 8.45. The van der Waals surface area contributed by atoms with E-state index in [0.29, 0.717) is 0 Å². The summed E-state index contributed by atoms with van der Waals surface area (Å²) in [5, 5.41) is 7.25. The van der Waals surface area contributed by atoms with E-state index in [-0.39, 0.29) is 6.10 Å². The molecule has 0 fully saturated rings. The molecule has 0 radical (unpaired) electrons. The molecule has 1 aromatic heterocycles. The van der Waals surface area contributed by atoms with Gasteiger partial charge in [0.25, 0.3) is 0 Å². The fraction of sp³-hybridized carbons (Fsp3) is 0.667. The second-order valence-electron chi connectivity index (χ2n) is 3.03. The van der Waals surface area contributed by atoms with E-state index in [9.17, 15) is 0 Å². The van der Waals surface area contributed by atoms with Crippen LogP contribution in [0.15, 0.2) is 12.3 Å². The number of rotatable bonds is 5. The first-order chi connectivity index (χ1) is 6.24. The van der Waals surface area contributed by atoms with Crippen molar-refractivity contribution >= 4 is 0 Å². The maximum atomic E-state index is 5.63. The van der Waals surface area contributed by atoms with Crippen molar-refractivity contribution in [1.29, 1.82) is 0 Å². The van der Waals surface area contributed by atoms with Gasteiger partial charge in [0, 0.05) is 19.7 Å². The van der Waals surface area contributed by atoms with E-state index < -0.39 is 0 Å². The van der Waals surface area contributed by atoms with E-state index in [1.165, 1.54) is 0 Å². The maximum absolute atomic E-state index is 5.63. The zero-order chi connectivity index (χ0) is 9.68. The first-order valence-electron chi connectivity index (χ1n) is 4.59. The van der Waals surface area contributed by atoms with Crippen molar-refractivity contribution in [2.45, 2.75) is 20.0 Å². The molecular weight excluding hydrogens is 166 g/mol. The van der Waals surface area contributed by atoms with Gasteiger partial charge in [0.1, 0.15) is 6.10 Å². The lowest BCUT2D eigenvalue weighted by Crippen LogP contribution is -2.29. The van der Waals surface area contributed by atoms with Gasteiger partial charge in [-0.1, -0.05) is 6.92 Å². The van der Waals surface area contributed by atoms with Gasteiger partial charge in [-0.2, -0.15) is 5.10 Å². The highest BCUT2D eigenvalue weighted by Crippen LogP contribution is 2.08. The van der Waals surface area contributed by atoms with Crippen LogP contribution in [0.3, 0.4) is 0 Å². The quantitative estimate of drug-likeness (QED) is 0.733. The van der Waals surface area contributed by atoms with Crippen molar-refractivity contribution in [1.82, 2.24) is 15.1 Å². The Hall–Kier alpha value is -1.03. The topological polar surface area (TPSA) is 39.1 Å². The molecule has 13 heavy (non-hydrogen) atoms. The Morgan fingerprint density at radius 2 is 2.46 bits per heavy atom. The molecule has 0 aliphatic rings. The Kier molecular flexibility index (Phi) is 3.76. The van der Waals surface area contributed by atoms with E-state index in [2.05, 4.69) is 17.3 Å². The van der Waals surface area contributed by atoms with E-state index in [4.69, 9.17) is 4.74 Å². The molecule has 0 saturated heterocycles. The number of aromatic nitrogens is 2. The van der Waals surface area contributed by atoms with E-state index in [1.807, 2.05) is 20.0 Å². The van der Waals surface area contributed by atoms with Gasteiger partial charge in [-0.05, 0) is 13.5 Å². The molecule has 0 aliphatic heterocycles. The van der Waals surface area contributed by atoms with Gasteiger partial charge in [0.15, 0.2) is 0 Å². The molecule has 0 saturated carbocycles. The molecule has 4 heteroatoms. The van der Waals surface area contributed by atoms with Crippen LogP contribution in [0.2, 0.25) is 0 Å². The van der Waals surface area contributed by atoms with Crippen LogP contribution in [0.4, 0.5) is 0 Å². The molecule has 1 rings (SSSR count). The second kappa shape index (κ2) is 4.87. The van der Waals surface area contributed by atoms with Crippen molar-refractivity contribution in [2.75, 3.05) is 13.1 Å². The number of aryl methyl sites for hydroxylation is 1. The standard InChI is InChI=1S/C9H17N3O/c1-4-10-7-8(2)13-9-5-6-11-12(9)3/h5-6,8,10H,4,7H2,1-3H3. The Labute approximate surface area is 78.9 Å². The van der Waals surface area contributed by atoms with Gasteiger partial charge < -0.3 is 10.1 Å². The third kappa shape index (κ3) is 3.06. The number of nitrogens with zero attached hydrogens (tertiary/aromatic N) is 2. The molecular formula is C9H17N3O. The summed E-state index contributed by atoms with van der Waals surface area (Å²) in [6.45, 7) is 5.95. The smallest absolute Gasteiger partial charge is 0.211 e. The molecule has 1 heterocycles. The lowest BCUT2D eigenvalue weighted by Gasteiger charge is -2.14. The highest BCUT2D eigenvalue weighted by Gasteiger charge is 2.05. The molecule has 0 amide bonds. The molecule has 1 N–H and O–H groups in total. The predicted molar refractivity (Wildman–Crippen MR) is 51.8 cm³/mol. The van der Waals surface area contributed by atoms with Crippen LogP contribution in [0.25, 0.3) is 0 Å². The van der Waals surface area contributed by atoms with E-state index in [1.54, 1.807) is 10.9 Å². The van der Waals surface area contributed by atoms with Crippen LogP contribution in [0.5, 0.6) is 5.88 Å². The van der Waals surface area contributed by atoms with Crippen molar-refractivity contribution in [3.8, 4) is 5.88 Å². The minimum atomic E-state index is 0.176. The summed E-state index contributed by atoms with van der Waals surface area (Å²) < 4.78 is 7.35. The largest absolute Gasteiger partial charge is 0.473 e. The molecule has 1 unspecified atom stereocenters. The number of hydrogen-bond acceptors (Lipinski definition) is 3. The summed E-state index contributed by atoms with van der Waals surface area (Å²) in [5.74, 6) is 0.811. The molecule has 0 spiro atoms. The van der Waals surface area contributed by atoms with Crippen molar-refractivity contribution < 1.29 is 4.74 Å². The van der Waals surface area contributed by atoms with Gasteiger partial charge in [-0.3, -0.25) is 0 Å². The van der Waals surface area contributed by atoms with Crippen LogP contribution in [-0.4, -0.2) is 29.0 Å². The monoisotopic (exact) mass is 183 g/mol. The first kappa shape index (κ1) is 10.1. The third-order valence-electron chi connectivity index (χ3n) is 1.78. The average Bonchev–Trinajstić information content (AvgIpc) is 2.48. The predicted octanol–water partition coefficient (Wildman–Crippen LogP) is 0.797. The van der Waals surface area contributed by atoms with Crippen LogP contribution in [-0.2, 0) is 7.05 Å². The normalized spacial score (nSPS) is 12.8.